The lowest BCUT2D eigenvalue weighted by atomic mass is 9.95. The number of nitrogens with one attached hydrogen (secondary N) is 1. The van der Waals surface area contributed by atoms with Crippen molar-refractivity contribution in [1.82, 2.24) is 0 Å². The second-order valence-electron chi connectivity index (χ2n) is 5.55. The molecule has 25 heavy (non-hydrogen) atoms. The summed E-state index contributed by atoms with van der Waals surface area (Å²) < 4.78 is 76.9. The Bertz CT molecular complexity index is 764. The van der Waals surface area contributed by atoms with Gasteiger partial charge in [0.05, 0.1) is 12.1 Å². The first-order valence-corrected chi connectivity index (χ1v) is 7.16. The summed E-state index contributed by atoms with van der Waals surface area (Å²) in [5.41, 5.74) is -3.34. The van der Waals surface area contributed by atoms with Crippen molar-refractivity contribution in [1.29, 1.82) is 0 Å². The number of halogens is 6. The summed E-state index contributed by atoms with van der Waals surface area (Å²) in [6, 6.07) is 0.812. The summed E-state index contributed by atoms with van der Waals surface area (Å²) in [5, 5.41) is 9.17. The molecule has 0 saturated heterocycles. The Hall–Kier alpha value is -2.22. The van der Waals surface area contributed by atoms with Crippen molar-refractivity contribution in [2.24, 2.45) is 10.2 Å². The van der Waals surface area contributed by atoms with Crippen LogP contribution in [0.2, 0.25) is 0 Å². The third-order valence-electron chi connectivity index (χ3n) is 3.56. The highest BCUT2D eigenvalue weighted by molar-refractivity contribution is 7.80. The lowest BCUT2D eigenvalue weighted by Gasteiger charge is -2.23. The smallest absolute Gasteiger partial charge is 0.348 e. The number of rotatable bonds is 2. The van der Waals surface area contributed by atoms with Crippen LogP contribution in [0.3, 0.4) is 0 Å². The summed E-state index contributed by atoms with van der Waals surface area (Å²) >= 11 is 5.01. The van der Waals surface area contributed by atoms with Crippen molar-refractivity contribution < 1.29 is 26.3 Å². The fourth-order valence-electron chi connectivity index (χ4n) is 2.18. The summed E-state index contributed by atoms with van der Waals surface area (Å²) in [6.45, 7) is 8.08. The molecule has 2 atom stereocenters. The summed E-state index contributed by atoms with van der Waals surface area (Å²) in [5.74, 6) is 0. The third kappa shape index (κ3) is 4.07. The van der Waals surface area contributed by atoms with Gasteiger partial charge >= 0.3 is 12.4 Å². The molecule has 0 bridgehead atoms. The second-order valence-corrected chi connectivity index (χ2v) is 5.95. The van der Waals surface area contributed by atoms with E-state index in [1.54, 1.807) is 0 Å². The van der Waals surface area contributed by atoms with Crippen LogP contribution in [0.25, 0.3) is 4.85 Å². The van der Waals surface area contributed by atoms with Crippen molar-refractivity contribution in [3.63, 3.8) is 0 Å². The zero-order valence-corrected chi connectivity index (χ0v) is 13.4. The molecule has 4 nitrogen and oxygen atoms in total. The van der Waals surface area contributed by atoms with Crippen molar-refractivity contribution in [2.45, 2.75) is 37.3 Å². The van der Waals surface area contributed by atoms with Crippen LogP contribution < -0.4 is 5.32 Å². The third-order valence-corrected chi connectivity index (χ3v) is 4.10. The number of azo groups is 1. The molecular weight excluding hydrogens is 370 g/mol. The van der Waals surface area contributed by atoms with E-state index in [4.69, 9.17) is 18.8 Å². The molecule has 1 N–H and O–H groups in total. The zero-order chi connectivity index (χ0) is 19.0. The Morgan fingerprint density at radius 1 is 1.32 bits per heavy atom. The molecule has 0 spiro atoms. The van der Waals surface area contributed by atoms with Gasteiger partial charge in [-0.05, 0) is 19.1 Å². The van der Waals surface area contributed by atoms with E-state index < -0.39 is 41.6 Å². The van der Waals surface area contributed by atoms with Crippen LogP contribution in [-0.2, 0) is 6.18 Å². The highest BCUT2D eigenvalue weighted by Gasteiger charge is 2.50. The van der Waals surface area contributed by atoms with Crippen LogP contribution in [-0.4, -0.2) is 22.7 Å². The van der Waals surface area contributed by atoms with E-state index in [9.17, 15) is 26.3 Å². The van der Waals surface area contributed by atoms with Crippen LogP contribution in [0, 0.1) is 6.57 Å². The van der Waals surface area contributed by atoms with Crippen LogP contribution in [0.1, 0.15) is 18.9 Å². The van der Waals surface area contributed by atoms with Crippen molar-refractivity contribution in [2.75, 3.05) is 5.32 Å². The quantitative estimate of drug-likeness (QED) is 0.416. The molecule has 0 aromatic heterocycles. The SMILES string of the molecule is [C-]#[N+]c1ccc(NC(=S)[C@@]2(C)CC(C(F)(F)F)N=N2)cc1C(F)(F)F. The topological polar surface area (TPSA) is 41.1 Å². The first-order chi connectivity index (χ1) is 11.4. The van der Waals surface area contributed by atoms with Crippen LogP contribution in [0.5, 0.6) is 0 Å². The monoisotopic (exact) mass is 380 g/mol. The molecule has 1 aliphatic heterocycles. The zero-order valence-electron chi connectivity index (χ0n) is 12.5. The number of benzene rings is 1. The van der Waals surface area contributed by atoms with Gasteiger partial charge in [-0.3, -0.25) is 0 Å². The maximum Gasteiger partial charge on any atom is 0.412 e. The highest BCUT2D eigenvalue weighted by Crippen LogP contribution is 2.40. The van der Waals surface area contributed by atoms with E-state index in [-0.39, 0.29) is 10.7 Å². The van der Waals surface area contributed by atoms with E-state index >= 15 is 0 Å². The maximum atomic E-state index is 12.9. The molecule has 2 rings (SSSR count). The first kappa shape index (κ1) is 19.1. The standard InChI is InChI=1S/C14H10F6N4S/c1-12(6-10(23-24-12)14(18,19)20)11(25)22-7-3-4-9(21-2)8(5-7)13(15,16)17/h3-5,10H,6H2,1H3,(H,22,25)/t10?,12-/m1/s1. The number of hydrogen-bond acceptors (Lipinski definition) is 3. The minimum absolute atomic E-state index is 0.100. The van der Waals surface area contributed by atoms with Crippen molar-refractivity contribution in [3.8, 4) is 0 Å². The van der Waals surface area contributed by atoms with Gasteiger partial charge in [-0.1, -0.05) is 18.3 Å². The van der Waals surface area contributed by atoms with Crippen LogP contribution >= 0.6 is 12.2 Å². The molecule has 1 unspecified atom stereocenters. The van der Waals surface area contributed by atoms with Gasteiger partial charge in [0.1, 0.15) is 10.5 Å². The second kappa shape index (κ2) is 6.25. The lowest BCUT2D eigenvalue weighted by Crippen LogP contribution is -2.39. The molecule has 1 heterocycles. The number of thiocarbonyl (C=S) groups is 1. The summed E-state index contributed by atoms with van der Waals surface area (Å²) in [4.78, 5) is 2.61. The molecule has 0 fully saturated rings. The Balaban J connectivity index is 2.22. The fourth-order valence-corrected chi connectivity index (χ4v) is 2.42. The van der Waals surface area contributed by atoms with Gasteiger partial charge in [0, 0.05) is 12.1 Å². The molecule has 134 valence electrons. The predicted molar refractivity (Wildman–Crippen MR) is 81.6 cm³/mol. The fraction of sp³-hybridized carbons (Fsp3) is 0.429. The number of anilines is 1. The average molecular weight is 380 g/mol. The number of nitrogens with zero attached hydrogens (tertiary/aromatic N) is 3. The van der Waals surface area contributed by atoms with Crippen LogP contribution in [0.4, 0.5) is 37.7 Å². The molecule has 1 aromatic rings. The highest BCUT2D eigenvalue weighted by atomic mass is 32.1. The Labute approximate surface area is 143 Å². The van der Waals surface area contributed by atoms with Gasteiger partial charge < -0.3 is 5.32 Å². The molecule has 0 amide bonds. The minimum Gasteiger partial charge on any atom is -0.348 e. The normalized spacial score (nSPS) is 23.4. The van der Waals surface area contributed by atoms with Crippen LogP contribution in [0.15, 0.2) is 28.4 Å². The van der Waals surface area contributed by atoms with E-state index in [0.29, 0.717) is 6.07 Å². The van der Waals surface area contributed by atoms with Gasteiger partial charge in [0.25, 0.3) is 0 Å². The summed E-state index contributed by atoms with van der Waals surface area (Å²) in [7, 11) is 0. The predicted octanol–water partition coefficient (Wildman–Crippen LogP) is 5.54. The molecular formula is C14H10F6N4S. The van der Waals surface area contributed by atoms with E-state index in [2.05, 4.69) is 20.4 Å². The van der Waals surface area contributed by atoms with E-state index in [1.807, 2.05) is 0 Å². The number of hydrogen-bond donors (Lipinski definition) is 1. The Morgan fingerprint density at radius 3 is 2.44 bits per heavy atom. The molecule has 1 aliphatic rings. The lowest BCUT2D eigenvalue weighted by molar-refractivity contribution is -0.147. The van der Waals surface area contributed by atoms with Gasteiger partial charge in [-0.2, -0.15) is 36.6 Å². The maximum absolute atomic E-state index is 12.9. The Kier molecular flexibility index (Phi) is 4.78. The van der Waals surface area contributed by atoms with Gasteiger partial charge in [0.15, 0.2) is 11.7 Å². The van der Waals surface area contributed by atoms with E-state index in [1.165, 1.54) is 13.0 Å². The molecule has 0 saturated carbocycles. The van der Waals surface area contributed by atoms with Crippen molar-refractivity contribution >= 4 is 28.6 Å². The van der Waals surface area contributed by atoms with Gasteiger partial charge in [-0.15, -0.1) is 0 Å². The molecule has 11 heteroatoms. The van der Waals surface area contributed by atoms with Crippen molar-refractivity contribution in [3.05, 3.63) is 35.2 Å². The number of alkyl halides is 6. The largest absolute Gasteiger partial charge is 0.412 e. The average Bonchev–Trinajstić information content (AvgIpc) is 2.90. The molecule has 0 radical (unpaired) electrons. The minimum atomic E-state index is -4.75. The van der Waals surface area contributed by atoms with E-state index in [0.717, 1.165) is 6.07 Å². The Morgan fingerprint density at radius 2 is 1.96 bits per heavy atom. The van der Waals surface area contributed by atoms with Gasteiger partial charge in [0.2, 0.25) is 0 Å². The first-order valence-electron chi connectivity index (χ1n) is 6.76. The summed E-state index contributed by atoms with van der Waals surface area (Å²) in [6.07, 6.45) is -9.86. The molecule has 0 aliphatic carbocycles. The van der Waals surface area contributed by atoms with Gasteiger partial charge in [-0.25, -0.2) is 4.85 Å². The molecule has 1 aromatic carbocycles.